The van der Waals surface area contributed by atoms with Gasteiger partial charge in [0.05, 0.1) is 19.9 Å². The number of amides is 2. The molecule has 8 nitrogen and oxygen atoms in total. The second-order valence-electron chi connectivity index (χ2n) is 10.5. The van der Waals surface area contributed by atoms with Crippen LogP contribution >= 0.6 is 11.3 Å². The number of aliphatic hydroxyl groups is 1. The van der Waals surface area contributed by atoms with E-state index in [1.54, 1.807) is 16.2 Å². The van der Waals surface area contributed by atoms with Crippen molar-refractivity contribution in [1.29, 1.82) is 0 Å². The van der Waals surface area contributed by atoms with E-state index in [1.807, 2.05) is 66.1 Å². The van der Waals surface area contributed by atoms with E-state index in [9.17, 15) is 14.7 Å². The Bertz CT molecular complexity index is 1350. The minimum absolute atomic E-state index is 0.00194. The van der Waals surface area contributed by atoms with Gasteiger partial charge in [-0.2, -0.15) is 11.3 Å². The standard InChI is InChI=1S/C31H33N3O5S/c35-18-22-6-8-23(9-7-22)19-38-28-17-25(24-10-15-40-20-24)16-27(39-28)29(36)33-13-11-31(12-14-33)30(37)32-21-34(31)26-4-2-1-3-5-26/h1-10,15-16,20,25,28,35H,11-14,17-19,21H2,(H,32,37)/t25-,28+/m0/s1. The molecule has 3 aliphatic rings. The van der Waals surface area contributed by atoms with Crippen LogP contribution in [0.5, 0.6) is 0 Å². The smallest absolute Gasteiger partial charge is 0.288 e. The van der Waals surface area contributed by atoms with Gasteiger partial charge in [0.1, 0.15) is 5.54 Å². The molecule has 0 bridgehead atoms. The molecular weight excluding hydrogens is 526 g/mol. The summed E-state index contributed by atoms with van der Waals surface area (Å²) in [6, 6.07) is 19.6. The first-order chi connectivity index (χ1) is 19.6. The van der Waals surface area contributed by atoms with Crippen molar-refractivity contribution >= 4 is 28.8 Å². The van der Waals surface area contributed by atoms with Gasteiger partial charge in [0.25, 0.3) is 5.91 Å². The molecule has 9 heteroatoms. The van der Waals surface area contributed by atoms with Gasteiger partial charge < -0.3 is 29.7 Å². The van der Waals surface area contributed by atoms with Gasteiger partial charge in [0.15, 0.2) is 5.76 Å². The van der Waals surface area contributed by atoms with E-state index < -0.39 is 11.8 Å². The van der Waals surface area contributed by atoms with E-state index >= 15 is 0 Å². The number of rotatable bonds is 7. The molecule has 0 radical (unpaired) electrons. The number of piperidine rings is 1. The minimum Gasteiger partial charge on any atom is -0.459 e. The number of para-hydroxylation sites is 1. The van der Waals surface area contributed by atoms with Crippen LogP contribution < -0.4 is 10.2 Å². The Balaban J connectivity index is 1.15. The topological polar surface area (TPSA) is 91.3 Å². The van der Waals surface area contributed by atoms with Crippen LogP contribution in [0.2, 0.25) is 0 Å². The molecule has 2 atom stereocenters. The number of likely N-dealkylation sites (tertiary alicyclic amines) is 1. The van der Waals surface area contributed by atoms with Gasteiger partial charge in [-0.1, -0.05) is 42.5 Å². The predicted molar refractivity (Wildman–Crippen MR) is 152 cm³/mol. The van der Waals surface area contributed by atoms with E-state index in [-0.39, 0.29) is 24.3 Å². The maximum Gasteiger partial charge on any atom is 0.288 e. The minimum atomic E-state index is -0.656. The molecule has 1 spiro atoms. The summed E-state index contributed by atoms with van der Waals surface area (Å²) in [6.07, 6.45) is 3.05. The number of thiophene rings is 1. The zero-order chi connectivity index (χ0) is 27.5. The summed E-state index contributed by atoms with van der Waals surface area (Å²) in [5, 5.41) is 16.4. The van der Waals surface area contributed by atoms with Gasteiger partial charge in [-0.25, -0.2) is 0 Å². The molecule has 0 unspecified atom stereocenters. The Labute approximate surface area is 237 Å². The number of hydrogen-bond acceptors (Lipinski definition) is 7. The summed E-state index contributed by atoms with van der Waals surface area (Å²) in [4.78, 5) is 30.7. The maximum absolute atomic E-state index is 13.7. The van der Waals surface area contributed by atoms with Gasteiger partial charge in [-0.05, 0) is 64.6 Å². The van der Waals surface area contributed by atoms with Crippen molar-refractivity contribution in [3.8, 4) is 0 Å². The Morgan fingerprint density at radius 1 is 1.07 bits per heavy atom. The molecular formula is C31H33N3O5S. The van der Waals surface area contributed by atoms with E-state index in [4.69, 9.17) is 9.47 Å². The molecule has 4 heterocycles. The molecule has 208 valence electrons. The number of allylic oxidation sites excluding steroid dienone is 1. The molecule has 2 N–H and O–H groups in total. The molecule has 40 heavy (non-hydrogen) atoms. The van der Waals surface area contributed by atoms with Crippen LogP contribution in [0.25, 0.3) is 0 Å². The first-order valence-corrected chi connectivity index (χ1v) is 14.6. The number of anilines is 1. The van der Waals surface area contributed by atoms with E-state index in [0.29, 0.717) is 51.4 Å². The van der Waals surface area contributed by atoms with Crippen molar-refractivity contribution < 1.29 is 24.2 Å². The van der Waals surface area contributed by atoms with E-state index in [0.717, 1.165) is 22.4 Å². The largest absolute Gasteiger partial charge is 0.459 e. The highest BCUT2D eigenvalue weighted by Gasteiger charge is 2.51. The molecule has 1 aromatic heterocycles. The highest BCUT2D eigenvalue weighted by molar-refractivity contribution is 7.08. The maximum atomic E-state index is 13.7. The van der Waals surface area contributed by atoms with Crippen LogP contribution in [0, 0.1) is 0 Å². The number of carbonyl (C=O) groups is 2. The summed E-state index contributed by atoms with van der Waals surface area (Å²) < 4.78 is 12.3. The molecule has 2 amide bonds. The zero-order valence-corrected chi connectivity index (χ0v) is 23.0. The lowest BCUT2D eigenvalue weighted by atomic mass is 9.85. The first kappa shape index (κ1) is 26.6. The number of nitrogens with one attached hydrogen (secondary N) is 1. The van der Waals surface area contributed by atoms with Crippen molar-refractivity contribution in [2.24, 2.45) is 0 Å². The van der Waals surface area contributed by atoms with Crippen LogP contribution in [0.4, 0.5) is 5.69 Å². The summed E-state index contributed by atoms with van der Waals surface area (Å²) >= 11 is 1.63. The molecule has 2 saturated heterocycles. The fourth-order valence-electron chi connectivity index (χ4n) is 5.83. The van der Waals surface area contributed by atoms with Crippen LogP contribution in [0.3, 0.4) is 0 Å². The lowest BCUT2D eigenvalue weighted by Gasteiger charge is -2.43. The Morgan fingerprint density at radius 3 is 2.52 bits per heavy atom. The fourth-order valence-corrected chi connectivity index (χ4v) is 6.55. The van der Waals surface area contributed by atoms with Crippen molar-refractivity contribution in [2.75, 3.05) is 24.7 Å². The third kappa shape index (κ3) is 5.24. The van der Waals surface area contributed by atoms with Gasteiger partial charge in [-0.15, -0.1) is 0 Å². The summed E-state index contributed by atoms with van der Waals surface area (Å²) in [5.41, 5.74) is 3.30. The van der Waals surface area contributed by atoms with Crippen LogP contribution in [-0.2, 0) is 32.3 Å². The number of nitrogens with zero attached hydrogens (tertiary/aromatic N) is 2. The van der Waals surface area contributed by atoms with Crippen LogP contribution in [0.1, 0.15) is 41.9 Å². The monoisotopic (exact) mass is 559 g/mol. The number of hydrogen-bond donors (Lipinski definition) is 2. The van der Waals surface area contributed by atoms with Crippen molar-refractivity contribution in [1.82, 2.24) is 10.2 Å². The molecule has 6 rings (SSSR count). The van der Waals surface area contributed by atoms with Crippen molar-refractivity contribution in [2.45, 2.75) is 50.2 Å². The first-order valence-electron chi connectivity index (χ1n) is 13.7. The number of carbonyl (C=O) groups excluding carboxylic acids is 2. The van der Waals surface area contributed by atoms with Crippen molar-refractivity contribution in [3.63, 3.8) is 0 Å². The average molecular weight is 560 g/mol. The highest BCUT2D eigenvalue weighted by atomic mass is 32.1. The van der Waals surface area contributed by atoms with Gasteiger partial charge in [0, 0.05) is 31.1 Å². The Hall–Kier alpha value is -3.66. The molecule has 0 saturated carbocycles. The number of benzene rings is 2. The number of ether oxygens (including phenoxy) is 2. The molecule has 2 fully saturated rings. The van der Waals surface area contributed by atoms with Crippen LogP contribution in [0.15, 0.2) is 83.3 Å². The Kier molecular flexibility index (Phi) is 7.60. The summed E-state index contributed by atoms with van der Waals surface area (Å²) in [5.74, 6) is 0.163. The Morgan fingerprint density at radius 2 is 1.82 bits per heavy atom. The van der Waals surface area contributed by atoms with E-state index in [2.05, 4.69) is 21.7 Å². The zero-order valence-electron chi connectivity index (χ0n) is 22.2. The van der Waals surface area contributed by atoms with Crippen LogP contribution in [-0.4, -0.2) is 53.4 Å². The van der Waals surface area contributed by atoms with Gasteiger partial charge >= 0.3 is 0 Å². The highest BCUT2D eigenvalue weighted by Crippen LogP contribution is 2.38. The SMILES string of the molecule is O=C(C1=C[C@H](c2ccsc2)C[C@H](OCc2ccc(CO)cc2)O1)N1CCC2(CC1)C(=O)NCN2c1ccccc1. The lowest BCUT2D eigenvalue weighted by Crippen LogP contribution is -2.57. The fraction of sp³-hybridized carbons (Fsp3) is 0.355. The summed E-state index contributed by atoms with van der Waals surface area (Å²) in [6.45, 7) is 1.72. The second kappa shape index (κ2) is 11.4. The molecule has 3 aromatic rings. The summed E-state index contributed by atoms with van der Waals surface area (Å²) in [7, 11) is 0. The van der Waals surface area contributed by atoms with E-state index in [1.165, 1.54) is 0 Å². The van der Waals surface area contributed by atoms with Crippen molar-refractivity contribution in [3.05, 3.63) is 99.9 Å². The molecule has 2 aromatic carbocycles. The lowest BCUT2D eigenvalue weighted by molar-refractivity contribution is -0.157. The molecule has 0 aliphatic carbocycles. The molecule has 3 aliphatic heterocycles. The third-order valence-corrected chi connectivity index (χ3v) is 8.87. The average Bonchev–Trinajstić information content (AvgIpc) is 3.66. The normalized spacial score (nSPS) is 22.1. The predicted octanol–water partition coefficient (Wildman–Crippen LogP) is 4.13. The third-order valence-electron chi connectivity index (χ3n) is 8.16. The van der Waals surface area contributed by atoms with Gasteiger partial charge in [-0.3, -0.25) is 9.59 Å². The van der Waals surface area contributed by atoms with Gasteiger partial charge in [0.2, 0.25) is 12.2 Å². The number of aliphatic hydroxyl groups excluding tert-OH is 1. The second-order valence-corrected chi connectivity index (χ2v) is 11.3. The quantitative estimate of drug-likeness (QED) is 0.453.